The molecule has 0 spiro atoms. The zero-order valence-corrected chi connectivity index (χ0v) is 11.7. The first-order valence-electron chi connectivity index (χ1n) is 5.94. The topological polar surface area (TPSA) is 70.7 Å². The quantitative estimate of drug-likeness (QED) is 0.878. The fraction of sp³-hybridized carbons (Fsp3) is 0.308. The Balaban J connectivity index is 1.99. The molecule has 19 heavy (non-hydrogen) atoms. The number of aromatic nitrogens is 3. The summed E-state index contributed by atoms with van der Waals surface area (Å²) in [6.07, 6.45) is 3.48. The van der Waals surface area contributed by atoms with E-state index in [4.69, 9.17) is 0 Å². The van der Waals surface area contributed by atoms with E-state index in [1.807, 2.05) is 31.2 Å². The fourth-order valence-electron chi connectivity index (χ4n) is 1.69. The van der Waals surface area contributed by atoms with Crippen LogP contribution in [0.15, 0.2) is 30.6 Å². The largest absolute Gasteiger partial charge is 0.342 e. The number of thioether (sulfide) groups is 1. The van der Waals surface area contributed by atoms with Crippen molar-refractivity contribution in [2.75, 3.05) is 6.26 Å². The molecule has 0 saturated heterocycles. The Labute approximate surface area is 116 Å². The molecule has 1 aromatic carbocycles. The predicted molar refractivity (Wildman–Crippen MR) is 75.9 cm³/mol. The Morgan fingerprint density at radius 3 is 2.74 bits per heavy atom. The Morgan fingerprint density at radius 2 is 2.16 bits per heavy atom. The molecule has 2 rings (SSSR count). The molecule has 0 aliphatic heterocycles. The van der Waals surface area contributed by atoms with Crippen LogP contribution in [0.3, 0.4) is 0 Å². The summed E-state index contributed by atoms with van der Waals surface area (Å²) in [5.41, 5.74) is 1.86. The van der Waals surface area contributed by atoms with Crippen LogP contribution in [0, 0.1) is 0 Å². The summed E-state index contributed by atoms with van der Waals surface area (Å²) >= 11 is 1.76. The molecule has 0 bridgehead atoms. The van der Waals surface area contributed by atoms with Gasteiger partial charge in [0.1, 0.15) is 12.2 Å². The molecule has 5 nitrogen and oxygen atoms in total. The summed E-state index contributed by atoms with van der Waals surface area (Å²) in [6, 6.07) is 7.44. The van der Waals surface area contributed by atoms with Crippen LogP contribution in [0.1, 0.15) is 34.7 Å². The summed E-state index contributed by atoms with van der Waals surface area (Å²) in [4.78, 5) is 16.1. The number of hydrogen-bond acceptors (Lipinski definition) is 4. The molecule has 1 unspecified atom stereocenters. The number of carbonyl (C=O) groups is 1. The van der Waals surface area contributed by atoms with E-state index in [1.54, 1.807) is 11.8 Å². The Morgan fingerprint density at radius 1 is 1.42 bits per heavy atom. The van der Waals surface area contributed by atoms with Gasteiger partial charge in [-0.3, -0.25) is 9.89 Å². The molecule has 1 heterocycles. The molecular formula is C13H16N4OS. The van der Waals surface area contributed by atoms with Crippen LogP contribution in [0.5, 0.6) is 0 Å². The van der Waals surface area contributed by atoms with Crippen molar-refractivity contribution in [2.24, 2.45) is 0 Å². The Hall–Kier alpha value is -1.82. The van der Waals surface area contributed by atoms with Gasteiger partial charge in [-0.15, -0.1) is 0 Å². The minimum absolute atomic E-state index is 0.111. The summed E-state index contributed by atoms with van der Waals surface area (Å²) in [5, 5.41) is 9.38. The van der Waals surface area contributed by atoms with Gasteiger partial charge < -0.3 is 5.32 Å². The molecule has 0 aliphatic rings. The van der Waals surface area contributed by atoms with Gasteiger partial charge in [0.05, 0.1) is 6.04 Å². The number of aromatic amines is 1. The third-order valence-electron chi connectivity index (χ3n) is 2.72. The van der Waals surface area contributed by atoms with Crippen LogP contribution in [0.25, 0.3) is 0 Å². The highest BCUT2D eigenvalue weighted by Crippen LogP contribution is 2.12. The van der Waals surface area contributed by atoms with Gasteiger partial charge in [0.2, 0.25) is 0 Å². The first-order chi connectivity index (χ1) is 9.20. The van der Waals surface area contributed by atoms with Crippen molar-refractivity contribution in [3.05, 3.63) is 47.5 Å². The Kier molecular flexibility index (Phi) is 4.57. The molecule has 6 heteroatoms. The zero-order chi connectivity index (χ0) is 13.7. The lowest BCUT2D eigenvalue weighted by atomic mass is 10.1. The first kappa shape index (κ1) is 13.6. The van der Waals surface area contributed by atoms with E-state index < -0.39 is 0 Å². The lowest BCUT2D eigenvalue weighted by Crippen LogP contribution is -2.27. The number of H-pyrrole nitrogens is 1. The van der Waals surface area contributed by atoms with Crippen LogP contribution in [0.2, 0.25) is 0 Å². The van der Waals surface area contributed by atoms with Crippen LogP contribution >= 0.6 is 11.8 Å². The summed E-state index contributed by atoms with van der Waals surface area (Å²) in [7, 11) is 0. The summed E-state index contributed by atoms with van der Waals surface area (Å²) in [5.74, 6) is 1.49. The van der Waals surface area contributed by atoms with Gasteiger partial charge >= 0.3 is 0 Å². The lowest BCUT2D eigenvalue weighted by Gasteiger charge is -2.11. The third-order valence-corrected chi connectivity index (χ3v) is 3.34. The number of nitrogens with one attached hydrogen (secondary N) is 2. The van der Waals surface area contributed by atoms with Gasteiger partial charge in [0.15, 0.2) is 0 Å². The number of carbonyl (C=O) groups excluding carboxylic acids is 1. The SMILES string of the molecule is CSCc1ccc(C(=O)NC(C)c2ncn[nH]2)cc1. The molecule has 1 aromatic heterocycles. The second-order valence-corrected chi connectivity index (χ2v) is 5.06. The van der Waals surface area contributed by atoms with E-state index in [2.05, 4.69) is 26.8 Å². The van der Waals surface area contributed by atoms with Crippen LogP contribution in [0.4, 0.5) is 0 Å². The highest BCUT2D eigenvalue weighted by molar-refractivity contribution is 7.97. The van der Waals surface area contributed by atoms with Crippen LogP contribution < -0.4 is 5.32 Å². The number of benzene rings is 1. The monoisotopic (exact) mass is 276 g/mol. The van der Waals surface area contributed by atoms with Gasteiger partial charge in [0.25, 0.3) is 5.91 Å². The maximum absolute atomic E-state index is 12.0. The molecule has 0 fully saturated rings. The van der Waals surface area contributed by atoms with Gasteiger partial charge in [-0.05, 0) is 30.9 Å². The third kappa shape index (κ3) is 3.57. The number of nitrogens with zero attached hydrogens (tertiary/aromatic N) is 2. The molecule has 1 amide bonds. The van der Waals surface area contributed by atoms with Crippen molar-refractivity contribution >= 4 is 17.7 Å². The van der Waals surface area contributed by atoms with E-state index in [0.717, 1.165) is 5.75 Å². The standard InChI is InChI=1S/C13H16N4OS/c1-9(12-14-8-15-17-12)16-13(18)11-5-3-10(4-6-11)7-19-2/h3-6,8-9H,7H2,1-2H3,(H,16,18)(H,14,15,17). The predicted octanol–water partition coefficient (Wildman–Crippen LogP) is 2.16. The van der Waals surface area contributed by atoms with Crippen LogP contribution in [-0.4, -0.2) is 27.3 Å². The van der Waals surface area contributed by atoms with E-state index in [1.165, 1.54) is 11.9 Å². The second kappa shape index (κ2) is 6.38. The number of hydrogen-bond donors (Lipinski definition) is 2. The van der Waals surface area contributed by atoms with Gasteiger partial charge in [-0.25, -0.2) is 4.98 Å². The second-order valence-electron chi connectivity index (χ2n) is 4.20. The zero-order valence-electron chi connectivity index (χ0n) is 10.9. The molecule has 2 aromatic rings. The van der Waals surface area contributed by atoms with E-state index in [9.17, 15) is 4.79 Å². The van der Waals surface area contributed by atoms with Crippen molar-refractivity contribution in [3.63, 3.8) is 0 Å². The highest BCUT2D eigenvalue weighted by atomic mass is 32.2. The molecule has 0 radical (unpaired) electrons. The molecular weight excluding hydrogens is 260 g/mol. The molecule has 2 N–H and O–H groups in total. The average Bonchev–Trinajstić information content (AvgIpc) is 2.94. The molecule has 100 valence electrons. The van der Waals surface area contributed by atoms with Crippen molar-refractivity contribution < 1.29 is 4.79 Å². The van der Waals surface area contributed by atoms with Gasteiger partial charge in [-0.2, -0.15) is 16.9 Å². The van der Waals surface area contributed by atoms with Gasteiger partial charge in [0, 0.05) is 11.3 Å². The molecule has 1 atom stereocenters. The number of amides is 1. The van der Waals surface area contributed by atoms with E-state index in [0.29, 0.717) is 11.4 Å². The van der Waals surface area contributed by atoms with Crippen molar-refractivity contribution in [1.82, 2.24) is 20.5 Å². The highest BCUT2D eigenvalue weighted by Gasteiger charge is 2.13. The van der Waals surface area contributed by atoms with E-state index >= 15 is 0 Å². The molecule has 0 aliphatic carbocycles. The smallest absolute Gasteiger partial charge is 0.251 e. The minimum atomic E-state index is -0.194. The normalized spacial score (nSPS) is 12.1. The van der Waals surface area contributed by atoms with Crippen molar-refractivity contribution in [1.29, 1.82) is 0 Å². The summed E-state index contributed by atoms with van der Waals surface area (Å²) < 4.78 is 0. The number of rotatable bonds is 5. The average molecular weight is 276 g/mol. The minimum Gasteiger partial charge on any atom is -0.342 e. The maximum atomic E-state index is 12.0. The fourth-order valence-corrected chi connectivity index (χ4v) is 2.22. The Bertz CT molecular complexity index is 524. The lowest BCUT2D eigenvalue weighted by molar-refractivity contribution is 0.0938. The van der Waals surface area contributed by atoms with Crippen molar-refractivity contribution in [2.45, 2.75) is 18.7 Å². The van der Waals surface area contributed by atoms with Crippen LogP contribution in [-0.2, 0) is 5.75 Å². The molecule has 0 saturated carbocycles. The maximum Gasteiger partial charge on any atom is 0.251 e. The van der Waals surface area contributed by atoms with Crippen molar-refractivity contribution in [3.8, 4) is 0 Å². The van der Waals surface area contributed by atoms with E-state index in [-0.39, 0.29) is 11.9 Å². The first-order valence-corrected chi connectivity index (χ1v) is 7.34. The van der Waals surface area contributed by atoms with Gasteiger partial charge in [-0.1, -0.05) is 12.1 Å². The summed E-state index contributed by atoms with van der Waals surface area (Å²) in [6.45, 7) is 1.86.